The van der Waals surface area contributed by atoms with Crippen LogP contribution >= 0.6 is 0 Å². The molecular weight excluding hydrogens is 302 g/mol. The van der Waals surface area contributed by atoms with E-state index in [2.05, 4.69) is 10.3 Å². The lowest BCUT2D eigenvalue weighted by molar-refractivity contribution is -0.123. The molecule has 0 radical (unpaired) electrons. The van der Waals surface area contributed by atoms with Crippen molar-refractivity contribution in [2.75, 3.05) is 6.61 Å². The van der Waals surface area contributed by atoms with Crippen LogP contribution in [0.5, 0.6) is 5.75 Å². The van der Waals surface area contributed by atoms with Gasteiger partial charge in [0, 0.05) is 6.20 Å². The number of carbonyl (C=O) groups excluding carboxylic acids is 1. The van der Waals surface area contributed by atoms with Crippen molar-refractivity contribution in [2.24, 2.45) is 0 Å². The Labute approximate surface area is 141 Å². The minimum absolute atomic E-state index is 0.0000767. The molecule has 0 saturated carbocycles. The number of nitrogens with zero attached hydrogens (tertiary/aromatic N) is 2. The maximum absolute atomic E-state index is 12.1. The summed E-state index contributed by atoms with van der Waals surface area (Å²) >= 11 is 0. The van der Waals surface area contributed by atoms with Crippen molar-refractivity contribution in [3.63, 3.8) is 0 Å². The third-order valence-electron chi connectivity index (χ3n) is 3.98. The fourth-order valence-corrected chi connectivity index (χ4v) is 2.62. The molecule has 5 nitrogen and oxygen atoms in total. The molecule has 0 aliphatic rings. The van der Waals surface area contributed by atoms with Gasteiger partial charge in [0.2, 0.25) is 0 Å². The monoisotopic (exact) mass is 323 g/mol. The highest BCUT2D eigenvalue weighted by Gasteiger charge is 2.10. The van der Waals surface area contributed by atoms with E-state index in [4.69, 9.17) is 4.74 Å². The molecule has 1 aromatic carbocycles. The zero-order valence-electron chi connectivity index (χ0n) is 14.2. The summed E-state index contributed by atoms with van der Waals surface area (Å²) in [6.45, 7) is 6.33. The summed E-state index contributed by atoms with van der Waals surface area (Å²) in [5.74, 6) is 0.595. The zero-order chi connectivity index (χ0) is 17.1. The van der Waals surface area contributed by atoms with E-state index < -0.39 is 0 Å². The largest absolute Gasteiger partial charge is 0.483 e. The number of rotatable bonds is 5. The number of hydrogen-bond acceptors (Lipinski definition) is 3. The maximum atomic E-state index is 12.1. The Morgan fingerprint density at radius 3 is 2.88 bits per heavy atom. The van der Waals surface area contributed by atoms with E-state index in [-0.39, 0.29) is 12.5 Å². The van der Waals surface area contributed by atoms with E-state index in [0.717, 1.165) is 33.9 Å². The smallest absolute Gasteiger partial charge is 0.258 e. The number of fused-ring (bicyclic) bond motifs is 1. The lowest BCUT2D eigenvalue weighted by atomic mass is 10.1. The number of aryl methyl sites for hydroxylation is 3. The second-order valence-electron chi connectivity index (χ2n) is 5.91. The molecule has 2 heterocycles. The van der Waals surface area contributed by atoms with Gasteiger partial charge in [-0.2, -0.15) is 0 Å². The predicted molar refractivity (Wildman–Crippen MR) is 93.2 cm³/mol. The van der Waals surface area contributed by atoms with Crippen molar-refractivity contribution in [1.29, 1.82) is 0 Å². The van der Waals surface area contributed by atoms with Crippen molar-refractivity contribution in [2.45, 2.75) is 27.3 Å². The minimum Gasteiger partial charge on any atom is -0.483 e. The first-order valence-electron chi connectivity index (χ1n) is 7.94. The molecule has 0 aliphatic carbocycles. The van der Waals surface area contributed by atoms with E-state index in [1.807, 2.05) is 67.8 Å². The average molecular weight is 323 g/mol. The molecule has 3 rings (SSSR count). The SMILES string of the molecule is Cc1ccc(C)c(OCC(=O)NCc2c(C)nc3ccccn23)c1. The van der Waals surface area contributed by atoms with Crippen LogP contribution in [0.25, 0.3) is 5.65 Å². The molecule has 0 atom stereocenters. The third kappa shape index (κ3) is 3.40. The summed E-state index contributed by atoms with van der Waals surface area (Å²) in [6.07, 6.45) is 1.95. The molecule has 0 saturated heterocycles. The summed E-state index contributed by atoms with van der Waals surface area (Å²) in [5.41, 5.74) is 4.90. The van der Waals surface area contributed by atoms with E-state index >= 15 is 0 Å². The van der Waals surface area contributed by atoms with Crippen molar-refractivity contribution < 1.29 is 9.53 Å². The van der Waals surface area contributed by atoms with Crippen molar-refractivity contribution >= 4 is 11.6 Å². The van der Waals surface area contributed by atoms with Crippen LogP contribution in [-0.4, -0.2) is 21.9 Å². The van der Waals surface area contributed by atoms with Gasteiger partial charge >= 0.3 is 0 Å². The van der Waals surface area contributed by atoms with Crippen molar-refractivity contribution in [3.05, 3.63) is 65.1 Å². The number of imidazole rings is 1. The predicted octanol–water partition coefficient (Wildman–Crippen LogP) is 2.95. The molecule has 0 spiro atoms. The van der Waals surface area contributed by atoms with Crippen LogP contribution in [0.2, 0.25) is 0 Å². The number of benzene rings is 1. The topological polar surface area (TPSA) is 55.6 Å². The van der Waals surface area contributed by atoms with Crippen molar-refractivity contribution in [3.8, 4) is 5.75 Å². The lowest BCUT2D eigenvalue weighted by Crippen LogP contribution is -2.29. The number of amides is 1. The van der Waals surface area contributed by atoms with Gasteiger partial charge in [0.25, 0.3) is 5.91 Å². The van der Waals surface area contributed by atoms with Gasteiger partial charge in [0.15, 0.2) is 6.61 Å². The Bertz CT molecular complexity index is 883. The van der Waals surface area contributed by atoms with E-state index in [1.54, 1.807) is 0 Å². The molecule has 0 bridgehead atoms. The molecule has 5 heteroatoms. The Kier molecular flexibility index (Phi) is 4.51. The lowest BCUT2D eigenvalue weighted by Gasteiger charge is -2.10. The van der Waals surface area contributed by atoms with E-state index in [9.17, 15) is 4.79 Å². The van der Waals surface area contributed by atoms with Crippen LogP contribution in [0, 0.1) is 20.8 Å². The zero-order valence-corrected chi connectivity index (χ0v) is 14.2. The number of hydrogen-bond donors (Lipinski definition) is 1. The van der Waals surface area contributed by atoms with Gasteiger partial charge < -0.3 is 14.5 Å². The summed E-state index contributed by atoms with van der Waals surface area (Å²) < 4.78 is 7.62. The second kappa shape index (κ2) is 6.74. The van der Waals surface area contributed by atoms with Gasteiger partial charge in [0.1, 0.15) is 11.4 Å². The van der Waals surface area contributed by atoms with Gasteiger partial charge in [-0.15, -0.1) is 0 Å². The Morgan fingerprint density at radius 2 is 2.04 bits per heavy atom. The molecule has 3 aromatic rings. The average Bonchev–Trinajstić information content (AvgIpc) is 2.89. The summed E-state index contributed by atoms with van der Waals surface area (Å²) in [4.78, 5) is 16.6. The highest BCUT2D eigenvalue weighted by molar-refractivity contribution is 5.77. The van der Waals surface area contributed by atoms with Gasteiger partial charge in [-0.1, -0.05) is 18.2 Å². The van der Waals surface area contributed by atoms with Gasteiger partial charge in [-0.3, -0.25) is 4.79 Å². The second-order valence-corrected chi connectivity index (χ2v) is 5.91. The molecule has 2 aromatic heterocycles. The van der Waals surface area contributed by atoms with Gasteiger partial charge in [0.05, 0.1) is 17.9 Å². The van der Waals surface area contributed by atoms with E-state index in [0.29, 0.717) is 6.54 Å². The number of ether oxygens (including phenoxy) is 1. The van der Waals surface area contributed by atoms with Crippen LogP contribution in [-0.2, 0) is 11.3 Å². The number of pyridine rings is 1. The minimum atomic E-state index is -0.152. The van der Waals surface area contributed by atoms with Crippen LogP contribution in [0.1, 0.15) is 22.5 Å². The fourth-order valence-electron chi connectivity index (χ4n) is 2.62. The molecule has 0 aliphatic heterocycles. The molecule has 1 N–H and O–H groups in total. The fraction of sp³-hybridized carbons (Fsp3) is 0.263. The molecule has 0 fully saturated rings. The Balaban J connectivity index is 1.61. The standard InChI is InChI=1S/C19H21N3O2/c1-13-7-8-14(2)17(10-13)24-12-19(23)20-11-16-15(3)21-18-6-4-5-9-22(16)18/h4-10H,11-12H2,1-3H3,(H,20,23). The van der Waals surface area contributed by atoms with Gasteiger partial charge in [-0.05, 0) is 50.1 Å². The number of carbonyl (C=O) groups is 1. The molecule has 24 heavy (non-hydrogen) atoms. The first kappa shape index (κ1) is 16.1. The molecule has 1 amide bonds. The Morgan fingerprint density at radius 1 is 1.21 bits per heavy atom. The van der Waals surface area contributed by atoms with Crippen molar-refractivity contribution in [1.82, 2.24) is 14.7 Å². The Hall–Kier alpha value is -2.82. The number of nitrogens with one attached hydrogen (secondary N) is 1. The highest BCUT2D eigenvalue weighted by atomic mass is 16.5. The van der Waals surface area contributed by atoms with Crippen LogP contribution < -0.4 is 10.1 Å². The third-order valence-corrected chi connectivity index (χ3v) is 3.98. The maximum Gasteiger partial charge on any atom is 0.258 e. The van der Waals surface area contributed by atoms with Crippen LogP contribution in [0.4, 0.5) is 0 Å². The normalized spacial score (nSPS) is 10.8. The first-order valence-corrected chi connectivity index (χ1v) is 7.94. The molecule has 0 unspecified atom stereocenters. The summed E-state index contributed by atoms with van der Waals surface area (Å²) in [6, 6.07) is 11.8. The number of aromatic nitrogens is 2. The molecular formula is C19H21N3O2. The highest BCUT2D eigenvalue weighted by Crippen LogP contribution is 2.18. The van der Waals surface area contributed by atoms with Crippen LogP contribution in [0.3, 0.4) is 0 Å². The van der Waals surface area contributed by atoms with Gasteiger partial charge in [-0.25, -0.2) is 4.98 Å². The van der Waals surface area contributed by atoms with Crippen LogP contribution in [0.15, 0.2) is 42.6 Å². The molecule has 124 valence electrons. The quantitative estimate of drug-likeness (QED) is 0.785. The van der Waals surface area contributed by atoms with E-state index in [1.165, 1.54) is 0 Å². The summed E-state index contributed by atoms with van der Waals surface area (Å²) in [5, 5.41) is 2.90. The summed E-state index contributed by atoms with van der Waals surface area (Å²) in [7, 11) is 0. The first-order chi connectivity index (χ1) is 11.5.